The number of carbonyl (C=O) groups excluding carboxylic acids is 2. The molecule has 1 atom stereocenters. The number of hydrogen-bond acceptors (Lipinski definition) is 5. The number of morpholine rings is 1. The van der Waals surface area contributed by atoms with Crippen molar-refractivity contribution < 1.29 is 23.5 Å². The van der Waals surface area contributed by atoms with Gasteiger partial charge < -0.3 is 19.8 Å². The number of amides is 1. The van der Waals surface area contributed by atoms with Crippen molar-refractivity contribution in [2.75, 3.05) is 40.0 Å². The quantitative estimate of drug-likeness (QED) is 0.724. The maximum atomic E-state index is 13.4. The average molecular weight is 403 g/mol. The van der Waals surface area contributed by atoms with E-state index in [1.165, 1.54) is 19.2 Å². The predicted molar refractivity (Wildman–Crippen MR) is 105 cm³/mol. The van der Waals surface area contributed by atoms with Gasteiger partial charge in [-0.25, -0.2) is 9.18 Å². The van der Waals surface area contributed by atoms with Crippen molar-refractivity contribution >= 4 is 11.9 Å². The van der Waals surface area contributed by atoms with Gasteiger partial charge in [-0.1, -0.05) is 12.1 Å². The summed E-state index contributed by atoms with van der Waals surface area (Å²) in [6.07, 6.45) is 0. The maximum Gasteiger partial charge on any atom is 0.339 e. The summed E-state index contributed by atoms with van der Waals surface area (Å²) in [7, 11) is 1.31. The van der Waals surface area contributed by atoms with Gasteiger partial charge in [0.05, 0.1) is 31.9 Å². The largest absolute Gasteiger partial charge is 0.465 e. The molecule has 1 aromatic carbocycles. The average Bonchev–Trinajstić information content (AvgIpc) is 3.03. The molecule has 3 rings (SSSR count). The summed E-state index contributed by atoms with van der Waals surface area (Å²) in [5.74, 6) is -1.08. The summed E-state index contributed by atoms with van der Waals surface area (Å²) < 4.78 is 23.6. The molecular formula is C21H26FN3O4. The van der Waals surface area contributed by atoms with Crippen LogP contribution in [0.5, 0.6) is 0 Å². The molecule has 1 amide bonds. The van der Waals surface area contributed by atoms with Crippen molar-refractivity contribution in [3.8, 4) is 0 Å². The highest BCUT2D eigenvalue weighted by Gasteiger charge is 2.26. The van der Waals surface area contributed by atoms with Gasteiger partial charge in [0.25, 0.3) is 5.91 Å². The number of nitrogens with one attached hydrogen (secondary N) is 2. The van der Waals surface area contributed by atoms with E-state index in [4.69, 9.17) is 9.47 Å². The molecule has 1 fully saturated rings. The minimum atomic E-state index is -0.479. The molecule has 1 aliphatic heterocycles. The first-order valence-corrected chi connectivity index (χ1v) is 9.55. The number of aromatic nitrogens is 1. The molecule has 1 saturated heterocycles. The first kappa shape index (κ1) is 21.0. The van der Waals surface area contributed by atoms with Gasteiger partial charge in [-0.05, 0) is 37.1 Å². The molecule has 156 valence electrons. The SMILES string of the molecule is COC(=O)c1c(C)[nH]c(C(=O)NC[C@@H](c2ccc(F)cc2)N2CCOCC2)c1C. The molecule has 1 aromatic heterocycles. The van der Waals surface area contributed by atoms with Crippen molar-refractivity contribution in [1.29, 1.82) is 0 Å². The fourth-order valence-corrected chi connectivity index (χ4v) is 3.69. The standard InChI is InChI=1S/C21H26FN3O4/c1-13-18(21(27)28-3)14(2)24-19(13)20(26)23-12-17(25-8-10-29-11-9-25)15-4-6-16(22)7-5-15/h4-7,17,24H,8-12H2,1-3H3,(H,23,26)/t17-/m0/s1. The van der Waals surface area contributed by atoms with Crippen LogP contribution in [0.15, 0.2) is 24.3 Å². The predicted octanol–water partition coefficient (Wildman–Crippen LogP) is 2.36. The van der Waals surface area contributed by atoms with Crippen LogP contribution in [-0.2, 0) is 9.47 Å². The van der Waals surface area contributed by atoms with Crippen LogP contribution in [0.3, 0.4) is 0 Å². The van der Waals surface area contributed by atoms with Gasteiger partial charge >= 0.3 is 5.97 Å². The molecule has 0 saturated carbocycles. The molecule has 1 aliphatic rings. The van der Waals surface area contributed by atoms with E-state index in [2.05, 4.69) is 15.2 Å². The second-order valence-electron chi connectivity index (χ2n) is 7.04. The summed E-state index contributed by atoms with van der Waals surface area (Å²) >= 11 is 0. The number of aryl methyl sites for hydroxylation is 1. The molecule has 8 heteroatoms. The monoisotopic (exact) mass is 403 g/mol. The Balaban J connectivity index is 1.78. The number of H-pyrrole nitrogens is 1. The van der Waals surface area contributed by atoms with Gasteiger partial charge in [0.15, 0.2) is 0 Å². The van der Waals surface area contributed by atoms with E-state index in [1.54, 1.807) is 26.0 Å². The van der Waals surface area contributed by atoms with Gasteiger partial charge in [0.2, 0.25) is 0 Å². The lowest BCUT2D eigenvalue weighted by Gasteiger charge is -2.35. The van der Waals surface area contributed by atoms with E-state index in [9.17, 15) is 14.0 Å². The number of nitrogens with zero attached hydrogens (tertiary/aromatic N) is 1. The minimum Gasteiger partial charge on any atom is -0.465 e. The van der Waals surface area contributed by atoms with Gasteiger partial charge in [-0.15, -0.1) is 0 Å². The summed E-state index contributed by atoms with van der Waals surface area (Å²) in [5.41, 5.74) is 2.77. The number of methoxy groups -OCH3 is 1. The Morgan fingerprint density at radius 1 is 1.24 bits per heavy atom. The summed E-state index contributed by atoms with van der Waals surface area (Å²) in [6, 6.07) is 6.21. The molecule has 0 radical (unpaired) electrons. The molecule has 29 heavy (non-hydrogen) atoms. The van der Waals surface area contributed by atoms with Gasteiger partial charge in [-0.2, -0.15) is 0 Å². The minimum absolute atomic E-state index is 0.111. The normalized spacial score (nSPS) is 15.7. The van der Waals surface area contributed by atoms with E-state index in [1.807, 2.05) is 0 Å². The third-order valence-corrected chi connectivity index (χ3v) is 5.25. The van der Waals surface area contributed by atoms with E-state index in [0.717, 1.165) is 18.7 Å². The molecule has 2 heterocycles. The van der Waals surface area contributed by atoms with E-state index in [-0.39, 0.29) is 17.8 Å². The first-order valence-electron chi connectivity index (χ1n) is 9.55. The number of halogens is 1. The van der Waals surface area contributed by atoms with Crippen LogP contribution in [0.2, 0.25) is 0 Å². The lowest BCUT2D eigenvalue weighted by atomic mass is 10.0. The third kappa shape index (κ3) is 4.65. The summed E-state index contributed by atoms with van der Waals surface area (Å²) in [6.45, 7) is 6.47. The Hall–Kier alpha value is -2.71. The van der Waals surface area contributed by atoms with Crippen molar-refractivity contribution in [2.24, 2.45) is 0 Å². The fourth-order valence-electron chi connectivity index (χ4n) is 3.69. The van der Waals surface area contributed by atoms with E-state index in [0.29, 0.717) is 42.3 Å². The smallest absolute Gasteiger partial charge is 0.339 e. The Kier molecular flexibility index (Phi) is 6.66. The lowest BCUT2D eigenvalue weighted by Crippen LogP contribution is -2.44. The van der Waals surface area contributed by atoms with Crippen molar-refractivity contribution in [3.63, 3.8) is 0 Å². The Bertz CT molecular complexity index is 873. The van der Waals surface area contributed by atoms with Crippen molar-refractivity contribution in [3.05, 3.63) is 58.2 Å². The molecule has 7 nitrogen and oxygen atoms in total. The molecule has 0 bridgehead atoms. The Morgan fingerprint density at radius 2 is 1.90 bits per heavy atom. The Labute approximate surface area is 169 Å². The van der Waals surface area contributed by atoms with Crippen LogP contribution >= 0.6 is 0 Å². The van der Waals surface area contributed by atoms with E-state index >= 15 is 0 Å². The van der Waals surface area contributed by atoms with Gasteiger partial charge in [0, 0.05) is 25.3 Å². The maximum absolute atomic E-state index is 13.4. The highest BCUT2D eigenvalue weighted by molar-refractivity contribution is 6.00. The van der Waals surface area contributed by atoms with Crippen molar-refractivity contribution in [1.82, 2.24) is 15.2 Å². The molecule has 2 N–H and O–H groups in total. The fraction of sp³-hybridized carbons (Fsp3) is 0.429. The Morgan fingerprint density at radius 3 is 2.52 bits per heavy atom. The third-order valence-electron chi connectivity index (χ3n) is 5.25. The van der Waals surface area contributed by atoms with Gasteiger partial charge in [-0.3, -0.25) is 9.69 Å². The zero-order chi connectivity index (χ0) is 21.0. The van der Waals surface area contributed by atoms with Crippen LogP contribution < -0.4 is 5.32 Å². The molecular weight excluding hydrogens is 377 g/mol. The molecule has 0 unspecified atom stereocenters. The highest BCUT2D eigenvalue weighted by Crippen LogP contribution is 2.23. The first-order chi connectivity index (χ1) is 13.9. The molecule has 0 aliphatic carbocycles. The number of aromatic amines is 1. The zero-order valence-corrected chi connectivity index (χ0v) is 16.9. The summed E-state index contributed by atoms with van der Waals surface area (Å²) in [4.78, 5) is 30.0. The second-order valence-corrected chi connectivity index (χ2v) is 7.04. The number of hydrogen-bond donors (Lipinski definition) is 2. The molecule has 0 spiro atoms. The lowest BCUT2D eigenvalue weighted by molar-refractivity contribution is 0.0162. The number of esters is 1. The summed E-state index contributed by atoms with van der Waals surface area (Å²) in [5, 5.41) is 2.95. The number of rotatable bonds is 6. The van der Waals surface area contributed by atoms with Crippen LogP contribution in [0.25, 0.3) is 0 Å². The second kappa shape index (κ2) is 9.19. The topological polar surface area (TPSA) is 83.7 Å². The molecule has 2 aromatic rings. The van der Waals surface area contributed by atoms with Crippen LogP contribution in [0.1, 0.15) is 43.7 Å². The van der Waals surface area contributed by atoms with Crippen LogP contribution in [0.4, 0.5) is 4.39 Å². The van der Waals surface area contributed by atoms with Gasteiger partial charge in [0.1, 0.15) is 11.5 Å². The highest BCUT2D eigenvalue weighted by atomic mass is 19.1. The van der Waals surface area contributed by atoms with Crippen molar-refractivity contribution in [2.45, 2.75) is 19.9 Å². The number of carbonyl (C=O) groups is 2. The van der Waals surface area contributed by atoms with Crippen LogP contribution in [-0.4, -0.2) is 61.7 Å². The number of benzene rings is 1. The van der Waals surface area contributed by atoms with Crippen LogP contribution in [0, 0.1) is 19.7 Å². The number of ether oxygens (including phenoxy) is 2. The zero-order valence-electron chi connectivity index (χ0n) is 16.9. The van der Waals surface area contributed by atoms with E-state index < -0.39 is 5.97 Å².